The zero-order valence-electron chi connectivity index (χ0n) is 12.2. The maximum Gasteiger partial charge on any atom is 0.306 e. The summed E-state index contributed by atoms with van der Waals surface area (Å²) in [6.07, 6.45) is 5.30. The van der Waals surface area contributed by atoms with Crippen molar-refractivity contribution >= 4 is 11.8 Å². The quantitative estimate of drug-likeness (QED) is 0.245. The molecule has 1 atom stereocenters. The van der Waals surface area contributed by atoms with Gasteiger partial charge in [-0.25, -0.2) is 0 Å². The molecule has 0 aromatic rings. The first-order valence-electron chi connectivity index (χ1n) is 7.01. The summed E-state index contributed by atoms with van der Waals surface area (Å²) >= 11 is 0. The molecule has 0 aromatic carbocycles. The van der Waals surface area contributed by atoms with Crippen LogP contribution in [0.3, 0.4) is 0 Å². The fourth-order valence-electron chi connectivity index (χ4n) is 2.11. The molecule has 1 rings (SSSR count). The van der Waals surface area contributed by atoms with Crippen molar-refractivity contribution in [2.75, 3.05) is 0 Å². The van der Waals surface area contributed by atoms with Crippen molar-refractivity contribution in [2.45, 2.75) is 64.9 Å². The number of amidine groups is 1. The summed E-state index contributed by atoms with van der Waals surface area (Å²) < 4.78 is 5.25. The van der Waals surface area contributed by atoms with Crippen LogP contribution in [0, 0.1) is 11.8 Å². The minimum Gasteiger partial charge on any atom is -0.460 e. The molecule has 0 bridgehead atoms. The Hall–Kier alpha value is -1.26. The minimum atomic E-state index is -0.434. The van der Waals surface area contributed by atoms with Gasteiger partial charge >= 0.3 is 5.97 Å². The maximum atomic E-state index is 11.6. The summed E-state index contributed by atoms with van der Waals surface area (Å²) in [6, 6.07) is 0. The van der Waals surface area contributed by atoms with E-state index in [0.29, 0.717) is 18.8 Å². The second-order valence-electron chi connectivity index (χ2n) is 6.38. The Labute approximate surface area is 115 Å². The Morgan fingerprint density at radius 3 is 2.58 bits per heavy atom. The topological polar surface area (TPSA) is 84.9 Å². The van der Waals surface area contributed by atoms with Crippen LogP contribution in [0.5, 0.6) is 0 Å². The van der Waals surface area contributed by atoms with Gasteiger partial charge in [0.05, 0.1) is 0 Å². The molecule has 0 aromatic heterocycles. The molecule has 0 heterocycles. The number of hydrogen-bond acceptors (Lipinski definition) is 4. The molecule has 3 N–H and O–H groups in total. The number of esters is 1. The third-order valence-electron chi connectivity index (χ3n) is 3.20. The summed E-state index contributed by atoms with van der Waals surface area (Å²) in [7, 11) is 0. The average molecular weight is 270 g/mol. The number of carbonyl (C=O) groups is 1. The monoisotopic (exact) mass is 270 g/mol. The lowest BCUT2D eigenvalue weighted by Gasteiger charge is -2.20. The SMILES string of the molecule is CC(C)(C)OC(=O)CCCC(CC1CC1)C(N)=NO. The lowest BCUT2D eigenvalue weighted by Crippen LogP contribution is -2.26. The number of rotatable bonds is 7. The Balaban J connectivity index is 2.29. The molecule has 5 nitrogen and oxygen atoms in total. The molecule has 110 valence electrons. The van der Waals surface area contributed by atoms with Gasteiger partial charge in [0.15, 0.2) is 0 Å². The van der Waals surface area contributed by atoms with Crippen molar-refractivity contribution < 1.29 is 14.7 Å². The van der Waals surface area contributed by atoms with Gasteiger partial charge in [-0.1, -0.05) is 18.0 Å². The zero-order valence-corrected chi connectivity index (χ0v) is 12.2. The van der Waals surface area contributed by atoms with E-state index in [1.807, 2.05) is 20.8 Å². The summed E-state index contributed by atoms with van der Waals surface area (Å²) in [5.41, 5.74) is 5.26. The second-order valence-corrected chi connectivity index (χ2v) is 6.38. The summed E-state index contributed by atoms with van der Waals surface area (Å²) in [4.78, 5) is 11.6. The van der Waals surface area contributed by atoms with Gasteiger partial charge < -0.3 is 15.7 Å². The lowest BCUT2D eigenvalue weighted by molar-refractivity contribution is -0.154. The van der Waals surface area contributed by atoms with Gasteiger partial charge in [0, 0.05) is 12.3 Å². The van der Waals surface area contributed by atoms with E-state index in [1.54, 1.807) is 0 Å². The highest BCUT2D eigenvalue weighted by molar-refractivity contribution is 5.82. The van der Waals surface area contributed by atoms with Crippen LogP contribution in [0.4, 0.5) is 0 Å². The van der Waals surface area contributed by atoms with Crippen molar-refractivity contribution in [1.82, 2.24) is 0 Å². The van der Waals surface area contributed by atoms with E-state index in [2.05, 4.69) is 5.16 Å². The Bertz CT molecular complexity index is 330. The standard InChI is InChI=1S/C14H26N2O3/c1-14(2,3)19-12(17)6-4-5-11(13(15)16-18)9-10-7-8-10/h10-11,18H,4-9H2,1-3H3,(H2,15,16). The highest BCUT2D eigenvalue weighted by atomic mass is 16.6. The summed E-state index contributed by atoms with van der Waals surface area (Å²) in [5, 5.41) is 11.9. The van der Waals surface area contributed by atoms with Crippen molar-refractivity contribution in [2.24, 2.45) is 22.7 Å². The van der Waals surface area contributed by atoms with Crippen molar-refractivity contribution in [3.8, 4) is 0 Å². The molecule has 1 aliphatic carbocycles. The molecule has 0 amide bonds. The Morgan fingerprint density at radius 2 is 2.11 bits per heavy atom. The number of nitrogens with two attached hydrogens (primary N) is 1. The fourth-order valence-corrected chi connectivity index (χ4v) is 2.11. The van der Waals surface area contributed by atoms with Crippen LogP contribution in [-0.2, 0) is 9.53 Å². The first-order valence-corrected chi connectivity index (χ1v) is 7.01. The smallest absolute Gasteiger partial charge is 0.306 e. The first kappa shape index (κ1) is 15.8. The fraction of sp³-hybridized carbons (Fsp3) is 0.857. The summed E-state index contributed by atoms with van der Waals surface area (Å²) in [6.45, 7) is 5.58. The number of oxime groups is 1. The van der Waals surface area contributed by atoms with Crippen molar-refractivity contribution in [1.29, 1.82) is 0 Å². The Kier molecular flexibility index (Phi) is 5.63. The second kappa shape index (κ2) is 6.78. The van der Waals surface area contributed by atoms with Gasteiger partial charge in [-0.15, -0.1) is 0 Å². The van der Waals surface area contributed by atoms with Gasteiger partial charge in [-0.05, 0) is 46.0 Å². The lowest BCUT2D eigenvalue weighted by atomic mass is 9.95. The normalized spacial score (nSPS) is 18.2. The molecule has 1 saturated carbocycles. The number of carbonyl (C=O) groups excluding carboxylic acids is 1. The van der Waals surface area contributed by atoms with Crippen LogP contribution >= 0.6 is 0 Å². The number of hydrogen-bond donors (Lipinski definition) is 2. The first-order chi connectivity index (χ1) is 8.81. The van der Waals surface area contributed by atoms with Crippen LogP contribution < -0.4 is 5.73 Å². The van der Waals surface area contributed by atoms with Gasteiger partial charge in [-0.2, -0.15) is 0 Å². The number of ether oxygens (including phenoxy) is 1. The molecule has 19 heavy (non-hydrogen) atoms. The highest BCUT2D eigenvalue weighted by Gasteiger charge is 2.27. The van der Waals surface area contributed by atoms with Gasteiger partial charge in [0.25, 0.3) is 0 Å². The average Bonchev–Trinajstić information content (AvgIpc) is 3.08. The third kappa shape index (κ3) is 7.03. The molecule has 1 unspecified atom stereocenters. The molecule has 1 fully saturated rings. The summed E-state index contributed by atoms with van der Waals surface area (Å²) in [5.74, 6) is 0.903. The van der Waals surface area contributed by atoms with Crippen LogP contribution in [-0.4, -0.2) is 22.6 Å². The van der Waals surface area contributed by atoms with Crippen LogP contribution in [0.25, 0.3) is 0 Å². The van der Waals surface area contributed by atoms with Crippen molar-refractivity contribution in [3.63, 3.8) is 0 Å². The Morgan fingerprint density at radius 1 is 1.47 bits per heavy atom. The molecular weight excluding hydrogens is 244 g/mol. The predicted molar refractivity (Wildman–Crippen MR) is 73.9 cm³/mol. The third-order valence-corrected chi connectivity index (χ3v) is 3.20. The molecule has 5 heteroatoms. The van der Waals surface area contributed by atoms with E-state index in [4.69, 9.17) is 15.7 Å². The van der Waals surface area contributed by atoms with E-state index in [1.165, 1.54) is 12.8 Å². The molecule has 0 aliphatic heterocycles. The van der Waals surface area contributed by atoms with Gasteiger partial charge in [-0.3, -0.25) is 4.79 Å². The van der Waals surface area contributed by atoms with E-state index in [9.17, 15) is 4.79 Å². The molecular formula is C14H26N2O3. The van der Waals surface area contributed by atoms with E-state index < -0.39 is 5.60 Å². The van der Waals surface area contributed by atoms with Crippen LogP contribution in [0.2, 0.25) is 0 Å². The van der Waals surface area contributed by atoms with E-state index in [-0.39, 0.29) is 17.7 Å². The molecule has 1 aliphatic rings. The minimum absolute atomic E-state index is 0.0833. The van der Waals surface area contributed by atoms with Crippen molar-refractivity contribution in [3.05, 3.63) is 0 Å². The molecule has 0 radical (unpaired) electrons. The molecule has 0 saturated heterocycles. The largest absolute Gasteiger partial charge is 0.460 e. The van der Waals surface area contributed by atoms with E-state index in [0.717, 1.165) is 12.8 Å². The maximum absolute atomic E-state index is 11.6. The number of nitrogens with zero attached hydrogens (tertiary/aromatic N) is 1. The highest BCUT2D eigenvalue weighted by Crippen LogP contribution is 2.36. The zero-order chi connectivity index (χ0) is 14.5. The van der Waals surface area contributed by atoms with Gasteiger partial charge in [0.1, 0.15) is 11.4 Å². The van der Waals surface area contributed by atoms with E-state index >= 15 is 0 Å². The molecule has 0 spiro atoms. The van der Waals surface area contributed by atoms with Crippen LogP contribution in [0.1, 0.15) is 59.3 Å². The van der Waals surface area contributed by atoms with Gasteiger partial charge in [0.2, 0.25) is 0 Å². The predicted octanol–water partition coefficient (Wildman–Crippen LogP) is 2.66. The van der Waals surface area contributed by atoms with Crippen LogP contribution in [0.15, 0.2) is 5.16 Å².